The monoisotopic (exact) mass is 221 g/mol. The molecule has 1 rings (SSSR count). The van der Waals surface area contributed by atoms with Crippen LogP contribution >= 0.6 is 0 Å². The molecule has 0 atom stereocenters. The van der Waals surface area contributed by atoms with Gasteiger partial charge in [0, 0.05) is 0 Å². The van der Waals surface area contributed by atoms with Crippen LogP contribution in [-0.4, -0.2) is 12.3 Å². The van der Waals surface area contributed by atoms with Gasteiger partial charge in [0.2, 0.25) is 0 Å². The van der Waals surface area contributed by atoms with Crippen molar-refractivity contribution in [2.45, 2.75) is 40.5 Å². The van der Waals surface area contributed by atoms with Crippen molar-refractivity contribution in [1.82, 2.24) is 0 Å². The van der Waals surface area contributed by atoms with Gasteiger partial charge in [-0.25, -0.2) is 0 Å². The maximum absolute atomic E-state index is 5.43. The lowest BCUT2D eigenvalue weighted by molar-refractivity contribution is 0.166. The number of allylic oxidation sites excluding steroid dienone is 2. The zero-order valence-electron chi connectivity index (χ0n) is 10.9. The van der Waals surface area contributed by atoms with Crippen LogP contribution in [0.2, 0.25) is 0 Å². The van der Waals surface area contributed by atoms with E-state index in [1.807, 2.05) is 0 Å². The molecule has 0 bridgehead atoms. The molecule has 90 valence electrons. The van der Waals surface area contributed by atoms with Crippen molar-refractivity contribution >= 4 is 5.71 Å². The molecule has 16 heavy (non-hydrogen) atoms. The number of rotatable bonds is 5. The van der Waals surface area contributed by atoms with Crippen LogP contribution in [0.25, 0.3) is 0 Å². The van der Waals surface area contributed by atoms with Crippen LogP contribution in [0.15, 0.2) is 29.0 Å². The van der Waals surface area contributed by atoms with Crippen molar-refractivity contribution in [3.05, 3.63) is 23.8 Å². The summed E-state index contributed by atoms with van der Waals surface area (Å²) in [5, 5.41) is 4.26. The summed E-state index contributed by atoms with van der Waals surface area (Å²) in [5.74, 6) is 0.909. The van der Waals surface area contributed by atoms with Gasteiger partial charge in [-0.05, 0) is 30.3 Å². The molecule has 0 aromatic rings. The third-order valence-electron chi connectivity index (χ3n) is 2.66. The molecule has 0 heterocycles. The highest BCUT2D eigenvalue weighted by Gasteiger charge is 2.10. The third-order valence-corrected chi connectivity index (χ3v) is 2.66. The van der Waals surface area contributed by atoms with Gasteiger partial charge in [-0.15, -0.1) is 0 Å². The van der Waals surface area contributed by atoms with Gasteiger partial charge in [-0.2, -0.15) is 0 Å². The summed E-state index contributed by atoms with van der Waals surface area (Å²) in [6.07, 6.45) is 8.81. The Hall–Kier alpha value is -1.05. The standard InChI is InChI=1S/C14H23NO/c1-11(2)14(12(3)4)15-16-10-13-8-6-5-7-9-13/h6,8-9,11-12H,5,7,10H2,1-4H3. The zero-order chi connectivity index (χ0) is 12.0. The fraction of sp³-hybridized carbons (Fsp3) is 0.643. The molecule has 0 aromatic carbocycles. The topological polar surface area (TPSA) is 21.6 Å². The van der Waals surface area contributed by atoms with Gasteiger partial charge in [-0.1, -0.05) is 51.1 Å². The summed E-state index contributed by atoms with van der Waals surface area (Å²) in [5.41, 5.74) is 2.38. The van der Waals surface area contributed by atoms with Gasteiger partial charge in [0.1, 0.15) is 6.61 Å². The first-order valence-corrected chi connectivity index (χ1v) is 6.16. The van der Waals surface area contributed by atoms with Crippen molar-refractivity contribution in [2.75, 3.05) is 6.61 Å². The van der Waals surface area contributed by atoms with Crippen LogP contribution in [-0.2, 0) is 4.84 Å². The van der Waals surface area contributed by atoms with E-state index in [4.69, 9.17) is 4.84 Å². The van der Waals surface area contributed by atoms with E-state index in [0.717, 1.165) is 18.6 Å². The Morgan fingerprint density at radius 2 is 1.94 bits per heavy atom. The first-order chi connectivity index (χ1) is 7.61. The molecule has 0 aliphatic heterocycles. The number of hydrogen-bond donors (Lipinski definition) is 0. The van der Waals surface area contributed by atoms with Gasteiger partial charge in [0.15, 0.2) is 0 Å². The average Bonchev–Trinajstić information content (AvgIpc) is 2.24. The molecule has 0 amide bonds. The summed E-state index contributed by atoms with van der Waals surface area (Å²) in [7, 11) is 0. The quantitative estimate of drug-likeness (QED) is 0.509. The molecule has 0 N–H and O–H groups in total. The second kappa shape index (κ2) is 6.51. The summed E-state index contributed by atoms with van der Waals surface area (Å²) in [6.45, 7) is 9.22. The van der Waals surface area contributed by atoms with Crippen LogP contribution in [0.1, 0.15) is 40.5 Å². The van der Waals surface area contributed by atoms with Crippen LogP contribution in [0.5, 0.6) is 0 Å². The van der Waals surface area contributed by atoms with E-state index in [1.165, 1.54) is 5.57 Å². The maximum Gasteiger partial charge on any atom is 0.142 e. The minimum atomic E-state index is 0.455. The van der Waals surface area contributed by atoms with Crippen molar-refractivity contribution in [3.8, 4) is 0 Å². The highest BCUT2D eigenvalue weighted by Crippen LogP contribution is 2.12. The fourth-order valence-corrected chi connectivity index (χ4v) is 1.83. The predicted molar refractivity (Wildman–Crippen MR) is 69.5 cm³/mol. The zero-order valence-corrected chi connectivity index (χ0v) is 10.9. The van der Waals surface area contributed by atoms with Crippen LogP contribution < -0.4 is 0 Å². The Kier molecular flexibility index (Phi) is 5.30. The number of hydrogen-bond acceptors (Lipinski definition) is 2. The van der Waals surface area contributed by atoms with E-state index < -0.39 is 0 Å². The van der Waals surface area contributed by atoms with E-state index in [1.54, 1.807) is 0 Å². The van der Waals surface area contributed by atoms with Crippen molar-refractivity contribution in [1.29, 1.82) is 0 Å². The molecule has 2 nitrogen and oxygen atoms in total. The molecule has 0 saturated carbocycles. The van der Waals surface area contributed by atoms with E-state index in [2.05, 4.69) is 51.1 Å². The Morgan fingerprint density at radius 3 is 2.44 bits per heavy atom. The van der Waals surface area contributed by atoms with Gasteiger partial charge in [0.25, 0.3) is 0 Å². The van der Waals surface area contributed by atoms with Gasteiger partial charge >= 0.3 is 0 Å². The SMILES string of the molecule is CC(C)C(=NOCC1=CCCC=C1)C(C)C. The summed E-state index contributed by atoms with van der Waals surface area (Å²) >= 11 is 0. The Bertz CT molecular complexity index is 288. The normalized spacial score (nSPS) is 15.2. The maximum atomic E-state index is 5.43. The van der Waals surface area contributed by atoms with Crippen LogP contribution in [0, 0.1) is 11.8 Å². The van der Waals surface area contributed by atoms with Gasteiger partial charge < -0.3 is 4.84 Å². The minimum absolute atomic E-state index is 0.455. The van der Waals surface area contributed by atoms with E-state index in [-0.39, 0.29) is 0 Å². The lowest BCUT2D eigenvalue weighted by Crippen LogP contribution is -2.15. The van der Waals surface area contributed by atoms with Gasteiger partial charge in [0.05, 0.1) is 5.71 Å². The summed E-state index contributed by atoms with van der Waals surface area (Å²) in [4.78, 5) is 5.43. The first-order valence-electron chi connectivity index (χ1n) is 6.16. The van der Waals surface area contributed by atoms with E-state index >= 15 is 0 Å². The Balaban J connectivity index is 2.45. The molecule has 0 spiro atoms. The second-order valence-electron chi connectivity index (χ2n) is 4.86. The molecule has 0 unspecified atom stereocenters. The van der Waals surface area contributed by atoms with Crippen LogP contribution in [0.3, 0.4) is 0 Å². The van der Waals surface area contributed by atoms with E-state index in [0.29, 0.717) is 18.4 Å². The largest absolute Gasteiger partial charge is 0.391 e. The Labute approximate surface area is 99.1 Å². The lowest BCUT2D eigenvalue weighted by Gasteiger charge is -2.13. The molecule has 0 fully saturated rings. The average molecular weight is 221 g/mol. The molecule has 2 heteroatoms. The molecule has 1 aliphatic rings. The lowest BCUT2D eigenvalue weighted by atomic mass is 9.98. The fourth-order valence-electron chi connectivity index (χ4n) is 1.83. The molecular formula is C14H23NO. The molecule has 1 aliphatic carbocycles. The van der Waals surface area contributed by atoms with Gasteiger partial charge in [-0.3, -0.25) is 0 Å². The molecule has 0 saturated heterocycles. The van der Waals surface area contributed by atoms with Crippen molar-refractivity contribution < 1.29 is 4.84 Å². The summed E-state index contributed by atoms with van der Waals surface area (Å²) < 4.78 is 0. The third kappa shape index (κ3) is 4.21. The highest BCUT2D eigenvalue weighted by molar-refractivity contribution is 5.87. The number of nitrogens with zero attached hydrogens (tertiary/aromatic N) is 1. The van der Waals surface area contributed by atoms with Crippen molar-refractivity contribution in [3.63, 3.8) is 0 Å². The van der Waals surface area contributed by atoms with Crippen LogP contribution in [0.4, 0.5) is 0 Å². The highest BCUT2D eigenvalue weighted by atomic mass is 16.6. The Morgan fingerprint density at radius 1 is 1.25 bits per heavy atom. The minimum Gasteiger partial charge on any atom is -0.391 e. The molecular weight excluding hydrogens is 198 g/mol. The molecule has 0 aromatic heterocycles. The van der Waals surface area contributed by atoms with Crippen molar-refractivity contribution in [2.24, 2.45) is 17.0 Å². The van der Waals surface area contributed by atoms with E-state index in [9.17, 15) is 0 Å². The first kappa shape index (κ1) is 13.0. The number of oxime groups is 1. The summed E-state index contributed by atoms with van der Waals surface area (Å²) in [6, 6.07) is 0. The smallest absolute Gasteiger partial charge is 0.142 e. The predicted octanol–water partition coefficient (Wildman–Crippen LogP) is 3.95. The second-order valence-corrected chi connectivity index (χ2v) is 4.86. The molecule has 0 radical (unpaired) electrons.